The number of hydrogen-bond donors (Lipinski definition) is 1. The normalized spacial score (nSPS) is 26.3. The van der Waals surface area contributed by atoms with Crippen molar-refractivity contribution in [3.05, 3.63) is 24.3 Å². The molecule has 1 fully saturated rings. The van der Waals surface area contributed by atoms with Crippen molar-refractivity contribution in [2.45, 2.75) is 32.6 Å². The topological polar surface area (TPSA) is 32.7 Å². The second-order valence-corrected chi connectivity index (χ2v) is 6.40. The number of nitrogens with zero attached hydrogens (tertiary/aromatic N) is 1. The van der Waals surface area contributed by atoms with Crippen LogP contribution >= 0.6 is 0 Å². The highest BCUT2D eigenvalue weighted by atomic mass is 16.5. The number of anilines is 1. The molecule has 1 N–H and O–H groups in total. The maximum absolute atomic E-state index is 9.87. The van der Waals surface area contributed by atoms with Gasteiger partial charge in [0, 0.05) is 30.8 Å². The molecule has 0 radical (unpaired) electrons. The summed E-state index contributed by atoms with van der Waals surface area (Å²) in [5.74, 6) is 1.68. The molecule has 0 saturated heterocycles. The summed E-state index contributed by atoms with van der Waals surface area (Å²) in [6, 6.07) is 8.12. The zero-order chi connectivity index (χ0) is 14.6. The summed E-state index contributed by atoms with van der Waals surface area (Å²) >= 11 is 0. The minimum atomic E-state index is 0.0599. The number of benzene rings is 1. The lowest BCUT2D eigenvalue weighted by Crippen LogP contribution is -2.41. The van der Waals surface area contributed by atoms with Crippen LogP contribution in [0.3, 0.4) is 0 Å². The average Bonchev–Trinajstić information content (AvgIpc) is 2.50. The number of rotatable bonds is 5. The molecule has 0 atom stereocenters. The number of methoxy groups -OCH3 is 1. The fourth-order valence-electron chi connectivity index (χ4n) is 3.18. The molecule has 3 nitrogen and oxygen atoms in total. The number of ether oxygens (including phenoxy) is 1. The van der Waals surface area contributed by atoms with Crippen molar-refractivity contribution in [2.75, 3.05) is 32.2 Å². The van der Waals surface area contributed by atoms with Gasteiger partial charge in [-0.1, -0.05) is 25.8 Å². The molecule has 0 aliphatic heterocycles. The van der Waals surface area contributed by atoms with Crippen molar-refractivity contribution in [1.82, 2.24) is 0 Å². The summed E-state index contributed by atoms with van der Waals surface area (Å²) in [5, 5.41) is 9.87. The smallest absolute Gasteiger partial charge is 0.120 e. The number of aliphatic hydroxyl groups is 1. The maximum atomic E-state index is 9.87. The van der Waals surface area contributed by atoms with Crippen LogP contribution in [-0.2, 0) is 0 Å². The molecule has 1 aromatic carbocycles. The first kappa shape index (κ1) is 15.2. The van der Waals surface area contributed by atoms with Gasteiger partial charge in [-0.15, -0.1) is 0 Å². The van der Waals surface area contributed by atoms with Gasteiger partial charge in [0.2, 0.25) is 0 Å². The molecule has 2 rings (SSSR count). The van der Waals surface area contributed by atoms with Crippen LogP contribution in [0.25, 0.3) is 0 Å². The van der Waals surface area contributed by atoms with E-state index in [4.69, 9.17) is 4.74 Å². The van der Waals surface area contributed by atoms with E-state index in [0.717, 1.165) is 36.7 Å². The Balaban J connectivity index is 2.06. The third-order valence-electron chi connectivity index (χ3n) is 4.74. The quantitative estimate of drug-likeness (QED) is 0.896. The Morgan fingerprint density at radius 3 is 2.65 bits per heavy atom. The largest absolute Gasteiger partial charge is 0.497 e. The molecule has 0 aromatic heterocycles. The maximum Gasteiger partial charge on any atom is 0.120 e. The summed E-state index contributed by atoms with van der Waals surface area (Å²) in [7, 11) is 3.79. The molecule has 112 valence electrons. The van der Waals surface area contributed by atoms with Gasteiger partial charge in [-0.05, 0) is 30.9 Å². The van der Waals surface area contributed by atoms with Gasteiger partial charge in [0.25, 0.3) is 0 Å². The van der Waals surface area contributed by atoms with Crippen LogP contribution in [0.15, 0.2) is 24.3 Å². The van der Waals surface area contributed by atoms with E-state index in [1.54, 1.807) is 7.11 Å². The summed E-state index contributed by atoms with van der Waals surface area (Å²) in [6.45, 7) is 3.50. The van der Waals surface area contributed by atoms with E-state index in [9.17, 15) is 5.11 Å². The zero-order valence-electron chi connectivity index (χ0n) is 12.9. The van der Waals surface area contributed by atoms with E-state index in [-0.39, 0.29) is 12.0 Å². The van der Waals surface area contributed by atoms with Gasteiger partial charge in [-0.2, -0.15) is 0 Å². The number of aliphatic hydroxyl groups excluding tert-OH is 1. The van der Waals surface area contributed by atoms with Crippen LogP contribution in [0.1, 0.15) is 32.6 Å². The summed E-state index contributed by atoms with van der Waals surface area (Å²) in [5.41, 5.74) is 1.21. The monoisotopic (exact) mass is 277 g/mol. The third-order valence-corrected chi connectivity index (χ3v) is 4.74. The van der Waals surface area contributed by atoms with Crippen LogP contribution in [0.5, 0.6) is 5.75 Å². The van der Waals surface area contributed by atoms with Gasteiger partial charge >= 0.3 is 0 Å². The molecule has 3 heteroatoms. The Morgan fingerprint density at radius 1 is 1.35 bits per heavy atom. The summed E-state index contributed by atoms with van der Waals surface area (Å²) in [6.07, 6.45) is 4.71. The molecule has 1 saturated carbocycles. The highest BCUT2D eigenvalue weighted by molar-refractivity contribution is 5.50. The molecular weight excluding hydrogens is 250 g/mol. The van der Waals surface area contributed by atoms with Crippen molar-refractivity contribution >= 4 is 5.69 Å². The fraction of sp³-hybridized carbons (Fsp3) is 0.647. The Bertz CT molecular complexity index is 425. The predicted octanol–water partition coefficient (Wildman–Crippen LogP) is 3.32. The van der Waals surface area contributed by atoms with Gasteiger partial charge in [-0.25, -0.2) is 0 Å². The predicted molar refractivity (Wildman–Crippen MR) is 83.4 cm³/mol. The van der Waals surface area contributed by atoms with E-state index in [2.05, 4.69) is 31.0 Å². The van der Waals surface area contributed by atoms with Crippen molar-refractivity contribution in [2.24, 2.45) is 11.3 Å². The minimum absolute atomic E-state index is 0.0599. The Kier molecular flexibility index (Phi) is 4.92. The molecule has 0 amide bonds. The SMILES string of the molecule is COc1cccc(N(C)CC2(CO)CCC(C)CC2)c1. The van der Waals surface area contributed by atoms with Gasteiger partial charge in [0.05, 0.1) is 13.7 Å². The Morgan fingerprint density at radius 2 is 2.05 bits per heavy atom. The van der Waals surface area contributed by atoms with Crippen molar-refractivity contribution in [3.63, 3.8) is 0 Å². The van der Waals surface area contributed by atoms with Gasteiger partial charge in [0.15, 0.2) is 0 Å². The second kappa shape index (κ2) is 6.49. The van der Waals surface area contributed by atoms with E-state index >= 15 is 0 Å². The van der Waals surface area contributed by atoms with E-state index < -0.39 is 0 Å². The molecule has 0 bridgehead atoms. The van der Waals surface area contributed by atoms with Crippen LogP contribution in [-0.4, -0.2) is 32.4 Å². The lowest BCUT2D eigenvalue weighted by atomic mass is 9.71. The highest BCUT2D eigenvalue weighted by Gasteiger charge is 2.34. The molecule has 20 heavy (non-hydrogen) atoms. The van der Waals surface area contributed by atoms with Crippen LogP contribution < -0.4 is 9.64 Å². The van der Waals surface area contributed by atoms with E-state index in [0.29, 0.717) is 0 Å². The van der Waals surface area contributed by atoms with E-state index in [1.807, 2.05) is 12.1 Å². The second-order valence-electron chi connectivity index (χ2n) is 6.40. The summed E-state index contributed by atoms with van der Waals surface area (Å²) < 4.78 is 5.28. The molecule has 1 aromatic rings. The zero-order valence-corrected chi connectivity index (χ0v) is 12.9. The average molecular weight is 277 g/mol. The highest BCUT2D eigenvalue weighted by Crippen LogP contribution is 2.39. The minimum Gasteiger partial charge on any atom is -0.497 e. The van der Waals surface area contributed by atoms with Gasteiger partial charge in [-0.3, -0.25) is 0 Å². The first-order chi connectivity index (χ1) is 9.58. The Labute approximate surface area is 122 Å². The number of hydrogen-bond acceptors (Lipinski definition) is 3. The first-order valence-corrected chi connectivity index (χ1v) is 7.55. The fourth-order valence-corrected chi connectivity index (χ4v) is 3.18. The molecule has 0 spiro atoms. The van der Waals surface area contributed by atoms with Gasteiger partial charge in [0.1, 0.15) is 5.75 Å². The molecule has 1 aliphatic rings. The molecule has 0 heterocycles. The van der Waals surface area contributed by atoms with Crippen LogP contribution in [0, 0.1) is 11.3 Å². The van der Waals surface area contributed by atoms with Crippen LogP contribution in [0.4, 0.5) is 5.69 Å². The van der Waals surface area contributed by atoms with Crippen molar-refractivity contribution < 1.29 is 9.84 Å². The first-order valence-electron chi connectivity index (χ1n) is 7.55. The molecular formula is C17H27NO2. The van der Waals surface area contributed by atoms with E-state index in [1.165, 1.54) is 12.8 Å². The summed E-state index contributed by atoms with van der Waals surface area (Å²) in [4.78, 5) is 2.24. The van der Waals surface area contributed by atoms with Gasteiger partial charge < -0.3 is 14.7 Å². The van der Waals surface area contributed by atoms with Crippen molar-refractivity contribution in [1.29, 1.82) is 0 Å². The van der Waals surface area contributed by atoms with Crippen molar-refractivity contribution in [3.8, 4) is 5.75 Å². The molecule has 0 unspecified atom stereocenters. The lowest BCUT2D eigenvalue weighted by Gasteiger charge is -2.41. The standard InChI is InChI=1S/C17H27NO2/c1-14-7-9-17(13-19,10-8-14)12-18(2)15-5-4-6-16(11-15)20-3/h4-6,11,14,19H,7-10,12-13H2,1-3H3. The van der Waals surface area contributed by atoms with Crippen LogP contribution in [0.2, 0.25) is 0 Å². The Hall–Kier alpha value is -1.22. The lowest BCUT2D eigenvalue weighted by molar-refractivity contribution is 0.0740. The third kappa shape index (κ3) is 3.45. The molecule has 1 aliphatic carbocycles.